The zero-order chi connectivity index (χ0) is 14.6. The van der Waals surface area contributed by atoms with Crippen LogP contribution in [0.4, 0.5) is 5.69 Å². The third kappa shape index (κ3) is 3.91. The highest BCUT2D eigenvalue weighted by Crippen LogP contribution is 2.15. The molecule has 1 rings (SSSR count). The van der Waals surface area contributed by atoms with Crippen molar-refractivity contribution in [1.29, 1.82) is 0 Å². The van der Waals surface area contributed by atoms with Gasteiger partial charge >= 0.3 is 0 Å². The molecule has 7 heteroatoms. The number of ketones is 1. The third-order valence-electron chi connectivity index (χ3n) is 2.24. The van der Waals surface area contributed by atoms with E-state index in [-0.39, 0.29) is 29.0 Å². The van der Waals surface area contributed by atoms with Gasteiger partial charge in [-0.1, -0.05) is 0 Å². The number of Topliss-reactive ketones (excluding diaryl/α,β-unsaturated/α-hetero) is 1. The molecule has 19 heavy (non-hydrogen) atoms. The van der Waals surface area contributed by atoms with E-state index in [1.165, 1.54) is 25.1 Å². The molecule has 0 heterocycles. The number of hydrogen-bond donors (Lipinski definition) is 3. The summed E-state index contributed by atoms with van der Waals surface area (Å²) >= 11 is 0. The van der Waals surface area contributed by atoms with Gasteiger partial charge < -0.3 is 16.8 Å². The van der Waals surface area contributed by atoms with Gasteiger partial charge in [-0.25, -0.2) is 0 Å². The van der Waals surface area contributed by atoms with Gasteiger partial charge in [-0.15, -0.1) is 0 Å². The summed E-state index contributed by atoms with van der Waals surface area (Å²) in [5, 5.41) is 2.42. The first-order valence-corrected chi connectivity index (χ1v) is 5.34. The molecule has 1 aromatic rings. The Morgan fingerprint density at radius 1 is 1.05 bits per heavy atom. The number of amides is 3. The normalized spacial score (nSPS) is 9.74. The summed E-state index contributed by atoms with van der Waals surface area (Å²) in [7, 11) is 0. The predicted octanol–water partition coefficient (Wildman–Crippen LogP) is -0.198. The molecule has 100 valence electrons. The highest BCUT2D eigenvalue weighted by Gasteiger charge is 2.14. The number of nitrogens with two attached hydrogens (primary N) is 2. The van der Waals surface area contributed by atoms with Gasteiger partial charge in [0.05, 0.1) is 17.5 Å². The zero-order valence-corrected chi connectivity index (χ0v) is 10.2. The van der Waals surface area contributed by atoms with Crippen molar-refractivity contribution < 1.29 is 19.2 Å². The van der Waals surface area contributed by atoms with Crippen LogP contribution < -0.4 is 16.8 Å². The van der Waals surface area contributed by atoms with Crippen LogP contribution in [0.25, 0.3) is 0 Å². The molecular formula is C12H13N3O4. The fourth-order valence-electron chi connectivity index (χ4n) is 1.47. The van der Waals surface area contributed by atoms with Gasteiger partial charge in [0.25, 0.3) is 0 Å². The highest BCUT2D eigenvalue weighted by atomic mass is 16.2. The molecular weight excluding hydrogens is 250 g/mol. The van der Waals surface area contributed by atoms with Gasteiger partial charge in [-0.3, -0.25) is 19.2 Å². The Kier molecular flexibility index (Phi) is 4.36. The number of benzene rings is 1. The Balaban J connectivity index is 3.02. The van der Waals surface area contributed by atoms with Crippen molar-refractivity contribution in [2.45, 2.75) is 13.3 Å². The van der Waals surface area contributed by atoms with E-state index in [9.17, 15) is 19.2 Å². The first kappa shape index (κ1) is 14.4. The predicted molar refractivity (Wildman–Crippen MR) is 67.4 cm³/mol. The second kappa shape index (κ2) is 5.76. The van der Waals surface area contributed by atoms with Crippen molar-refractivity contribution >= 4 is 29.2 Å². The number of carbonyl (C=O) groups excluding carboxylic acids is 4. The van der Waals surface area contributed by atoms with Crippen LogP contribution in [-0.2, 0) is 9.59 Å². The average Bonchev–Trinajstić information content (AvgIpc) is 2.27. The van der Waals surface area contributed by atoms with E-state index in [1.54, 1.807) is 0 Å². The average molecular weight is 263 g/mol. The van der Waals surface area contributed by atoms with Gasteiger partial charge in [0.2, 0.25) is 17.7 Å². The van der Waals surface area contributed by atoms with E-state index in [4.69, 9.17) is 11.5 Å². The number of rotatable bonds is 5. The maximum Gasteiger partial charge on any atom is 0.249 e. The van der Waals surface area contributed by atoms with Crippen LogP contribution in [0.5, 0.6) is 0 Å². The van der Waals surface area contributed by atoms with E-state index in [1.807, 2.05) is 0 Å². The van der Waals surface area contributed by atoms with Crippen LogP contribution >= 0.6 is 0 Å². The van der Waals surface area contributed by atoms with Gasteiger partial charge in [-0.05, 0) is 25.1 Å². The standard InChI is InChI=1S/C12H13N3O4/c1-6(16)4-10(17)15-7-2-3-8(11(13)18)9(5-7)12(14)19/h2-3,5H,4H2,1H3,(H2,13,18)(H2,14,19)(H,15,17). The molecule has 0 saturated heterocycles. The summed E-state index contributed by atoms with van der Waals surface area (Å²) in [6.07, 6.45) is -0.274. The van der Waals surface area contributed by atoms with Crippen molar-refractivity contribution in [2.75, 3.05) is 5.32 Å². The van der Waals surface area contributed by atoms with E-state index < -0.39 is 17.7 Å². The van der Waals surface area contributed by atoms with Crippen molar-refractivity contribution in [1.82, 2.24) is 0 Å². The van der Waals surface area contributed by atoms with E-state index in [0.717, 1.165) is 0 Å². The molecule has 0 bridgehead atoms. The third-order valence-corrected chi connectivity index (χ3v) is 2.24. The topological polar surface area (TPSA) is 132 Å². The smallest absolute Gasteiger partial charge is 0.249 e. The largest absolute Gasteiger partial charge is 0.366 e. The van der Waals surface area contributed by atoms with Crippen molar-refractivity contribution in [2.24, 2.45) is 11.5 Å². The van der Waals surface area contributed by atoms with Crippen LogP contribution in [0.1, 0.15) is 34.1 Å². The Bertz CT molecular complexity index is 566. The zero-order valence-electron chi connectivity index (χ0n) is 10.2. The molecule has 1 aromatic carbocycles. The minimum atomic E-state index is -0.837. The lowest BCUT2D eigenvalue weighted by Crippen LogP contribution is -2.21. The summed E-state index contributed by atoms with van der Waals surface area (Å²) in [6.45, 7) is 1.28. The number of carbonyl (C=O) groups is 4. The minimum absolute atomic E-state index is 0.0305. The Morgan fingerprint density at radius 2 is 1.63 bits per heavy atom. The SMILES string of the molecule is CC(=O)CC(=O)Nc1ccc(C(N)=O)c(C(N)=O)c1. The molecule has 0 atom stereocenters. The fourth-order valence-corrected chi connectivity index (χ4v) is 1.47. The number of primary amides is 2. The molecule has 0 fully saturated rings. The van der Waals surface area contributed by atoms with Gasteiger partial charge in [0.15, 0.2) is 0 Å². The lowest BCUT2D eigenvalue weighted by molar-refractivity contribution is -0.124. The van der Waals surface area contributed by atoms with Crippen molar-refractivity contribution in [3.8, 4) is 0 Å². The summed E-state index contributed by atoms with van der Waals surface area (Å²) in [5.74, 6) is -2.44. The lowest BCUT2D eigenvalue weighted by Gasteiger charge is -2.08. The summed E-state index contributed by atoms with van der Waals surface area (Å²) in [5.41, 5.74) is 10.3. The molecule has 7 nitrogen and oxygen atoms in total. The maximum atomic E-state index is 11.4. The van der Waals surface area contributed by atoms with Gasteiger partial charge in [0.1, 0.15) is 5.78 Å². The molecule has 0 aliphatic heterocycles. The molecule has 0 spiro atoms. The Labute approximate surface area is 108 Å². The van der Waals surface area contributed by atoms with E-state index in [2.05, 4.69) is 5.32 Å². The van der Waals surface area contributed by atoms with Crippen LogP contribution in [0, 0.1) is 0 Å². The highest BCUT2D eigenvalue weighted by molar-refractivity contribution is 6.08. The molecule has 0 radical (unpaired) electrons. The van der Waals surface area contributed by atoms with Crippen molar-refractivity contribution in [3.05, 3.63) is 29.3 Å². The maximum absolute atomic E-state index is 11.4. The lowest BCUT2D eigenvalue weighted by atomic mass is 10.1. The van der Waals surface area contributed by atoms with E-state index >= 15 is 0 Å². The fraction of sp³-hybridized carbons (Fsp3) is 0.167. The first-order chi connectivity index (χ1) is 8.81. The van der Waals surface area contributed by atoms with E-state index in [0.29, 0.717) is 0 Å². The number of hydrogen-bond acceptors (Lipinski definition) is 4. The molecule has 5 N–H and O–H groups in total. The Hall–Kier alpha value is -2.70. The monoisotopic (exact) mass is 263 g/mol. The first-order valence-electron chi connectivity index (χ1n) is 5.34. The molecule has 3 amide bonds. The van der Waals surface area contributed by atoms with Crippen LogP contribution in [-0.4, -0.2) is 23.5 Å². The summed E-state index contributed by atoms with van der Waals surface area (Å²) < 4.78 is 0. The van der Waals surface area contributed by atoms with Crippen LogP contribution in [0.3, 0.4) is 0 Å². The number of anilines is 1. The minimum Gasteiger partial charge on any atom is -0.366 e. The van der Waals surface area contributed by atoms with Crippen molar-refractivity contribution in [3.63, 3.8) is 0 Å². The Morgan fingerprint density at radius 3 is 2.11 bits per heavy atom. The quantitative estimate of drug-likeness (QED) is 0.634. The molecule has 0 saturated carbocycles. The van der Waals surface area contributed by atoms with Crippen LogP contribution in [0.2, 0.25) is 0 Å². The number of nitrogens with one attached hydrogen (secondary N) is 1. The second-order valence-electron chi connectivity index (χ2n) is 3.92. The van der Waals surface area contributed by atoms with Crippen LogP contribution in [0.15, 0.2) is 18.2 Å². The molecule has 0 aliphatic carbocycles. The second-order valence-corrected chi connectivity index (χ2v) is 3.92. The molecule has 0 unspecified atom stereocenters. The van der Waals surface area contributed by atoms with Gasteiger partial charge in [-0.2, -0.15) is 0 Å². The molecule has 0 aromatic heterocycles. The molecule has 0 aliphatic rings. The summed E-state index contributed by atoms with van der Waals surface area (Å²) in [6, 6.07) is 3.91. The summed E-state index contributed by atoms with van der Waals surface area (Å²) in [4.78, 5) is 44.4. The van der Waals surface area contributed by atoms with Gasteiger partial charge in [0, 0.05) is 5.69 Å².